The van der Waals surface area contributed by atoms with Crippen molar-refractivity contribution in [1.29, 1.82) is 5.26 Å². The van der Waals surface area contributed by atoms with Gasteiger partial charge in [0.1, 0.15) is 6.07 Å². The Bertz CT molecular complexity index is 1030. The molecule has 0 unspecified atom stereocenters. The normalized spacial score (nSPS) is 11.5. The number of aromatic nitrogens is 2. The van der Waals surface area contributed by atoms with Crippen LogP contribution in [0.2, 0.25) is 0 Å². The van der Waals surface area contributed by atoms with Gasteiger partial charge in [-0.05, 0) is 29.5 Å². The molecule has 0 aliphatic rings. The van der Waals surface area contributed by atoms with Crippen molar-refractivity contribution in [1.82, 2.24) is 9.97 Å². The number of H-pyrrole nitrogens is 1. The molecule has 1 aromatic carbocycles. The molecule has 24 heavy (non-hydrogen) atoms. The first kappa shape index (κ1) is 15.9. The zero-order valence-corrected chi connectivity index (χ0v) is 14.3. The van der Waals surface area contributed by atoms with Gasteiger partial charge in [0.05, 0.1) is 10.9 Å². The average Bonchev–Trinajstić information content (AvgIpc) is 2.53. The highest BCUT2D eigenvalue weighted by Gasteiger charge is 2.16. The summed E-state index contributed by atoms with van der Waals surface area (Å²) < 4.78 is 0. The minimum Gasteiger partial charge on any atom is -0.354 e. The van der Waals surface area contributed by atoms with Crippen LogP contribution in [0.3, 0.4) is 0 Å². The molecule has 0 bridgehead atoms. The number of rotatable bonds is 1. The molecule has 0 atom stereocenters. The number of nitrogens with zero attached hydrogens (tertiary/aromatic N) is 2. The first-order valence-corrected chi connectivity index (χ1v) is 7.85. The fourth-order valence-corrected chi connectivity index (χ4v) is 2.86. The van der Waals surface area contributed by atoms with Crippen LogP contribution in [-0.2, 0) is 5.41 Å². The largest absolute Gasteiger partial charge is 0.354 e. The first-order chi connectivity index (χ1) is 11.3. The van der Waals surface area contributed by atoms with Crippen LogP contribution >= 0.6 is 0 Å². The molecule has 120 valence electrons. The van der Waals surface area contributed by atoms with Crippen molar-refractivity contribution in [2.24, 2.45) is 0 Å². The number of nitrogens with one attached hydrogen (secondary N) is 1. The molecular weight excluding hydrogens is 298 g/mol. The molecule has 0 amide bonds. The van der Waals surface area contributed by atoms with Crippen molar-refractivity contribution < 1.29 is 0 Å². The first-order valence-electron chi connectivity index (χ1n) is 7.85. The second kappa shape index (κ2) is 5.61. The molecular formula is C20H19N3O. The Kier molecular flexibility index (Phi) is 3.73. The van der Waals surface area contributed by atoms with Gasteiger partial charge in [0.2, 0.25) is 0 Å². The molecule has 2 aromatic heterocycles. The maximum Gasteiger partial charge on any atom is 0.192 e. The Morgan fingerprint density at radius 1 is 1.17 bits per heavy atom. The Morgan fingerprint density at radius 3 is 2.54 bits per heavy atom. The number of hydrogen-bond acceptors (Lipinski definition) is 3. The summed E-state index contributed by atoms with van der Waals surface area (Å²) in [6, 6.07) is 11.5. The number of nitriles is 1. The van der Waals surface area contributed by atoms with E-state index in [1.165, 1.54) is 11.8 Å². The molecule has 0 spiro atoms. The van der Waals surface area contributed by atoms with Crippen molar-refractivity contribution in [3.05, 3.63) is 63.6 Å². The maximum absolute atomic E-state index is 12.5. The Hall–Kier alpha value is -2.93. The van der Waals surface area contributed by atoms with Crippen LogP contribution in [0, 0.1) is 18.3 Å². The fourth-order valence-electron chi connectivity index (χ4n) is 2.86. The van der Waals surface area contributed by atoms with E-state index in [0.29, 0.717) is 10.9 Å². The molecule has 2 heterocycles. The van der Waals surface area contributed by atoms with Crippen LogP contribution < -0.4 is 5.43 Å². The topological polar surface area (TPSA) is 69.5 Å². The van der Waals surface area contributed by atoms with Gasteiger partial charge in [-0.15, -0.1) is 0 Å². The van der Waals surface area contributed by atoms with Gasteiger partial charge in [-0.25, -0.2) is 4.98 Å². The summed E-state index contributed by atoms with van der Waals surface area (Å²) in [7, 11) is 0. The molecule has 1 N–H and O–H groups in total. The lowest BCUT2D eigenvalue weighted by Crippen LogP contribution is -2.11. The summed E-state index contributed by atoms with van der Waals surface area (Å²) in [5, 5.41) is 9.47. The molecule has 0 fully saturated rings. The van der Waals surface area contributed by atoms with Gasteiger partial charge >= 0.3 is 0 Å². The second-order valence-electron chi connectivity index (χ2n) is 7.02. The summed E-state index contributed by atoms with van der Waals surface area (Å²) in [6.45, 7) is 8.57. The van der Waals surface area contributed by atoms with Crippen LogP contribution in [0.4, 0.5) is 0 Å². The van der Waals surface area contributed by atoms with Crippen molar-refractivity contribution in [2.75, 3.05) is 0 Å². The van der Waals surface area contributed by atoms with E-state index in [-0.39, 0.29) is 16.5 Å². The Morgan fingerprint density at radius 2 is 1.92 bits per heavy atom. The van der Waals surface area contributed by atoms with Crippen molar-refractivity contribution >= 4 is 10.9 Å². The number of aryl methyl sites for hydroxylation is 1. The smallest absolute Gasteiger partial charge is 0.192 e. The van der Waals surface area contributed by atoms with E-state index >= 15 is 0 Å². The zero-order valence-electron chi connectivity index (χ0n) is 14.3. The van der Waals surface area contributed by atoms with Crippen LogP contribution in [0.25, 0.3) is 22.2 Å². The van der Waals surface area contributed by atoms with Crippen LogP contribution in [-0.4, -0.2) is 9.97 Å². The van der Waals surface area contributed by atoms with E-state index < -0.39 is 0 Å². The van der Waals surface area contributed by atoms with Crippen molar-refractivity contribution in [3.63, 3.8) is 0 Å². The number of fused-ring (bicyclic) bond motifs is 1. The minimum absolute atomic E-state index is 0.0768. The summed E-state index contributed by atoms with van der Waals surface area (Å²) >= 11 is 0. The van der Waals surface area contributed by atoms with Gasteiger partial charge in [0.25, 0.3) is 0 Å². The van der Waals surface area contributed by atoms with E-state index in [1.807, 2.05) is 19.1 Å². The lowest BCUT2D eigenvalue weighted by atomic mass is 9.85. The summed E-state index contributed by atoms with van der Waals surface area (Å²) in [5.74, 6) is 0. The number of benzene rings is 1. The van der Waals surface area contributed by atoms with Crippen molar-refractivity contribution in [3.8, 4) is 17.3 Å². The molecule has 0 saturated heterocycles. The third-order valence-electron chi connectivity index (χ3n) is 4.23. The number of hydrogen-bond donors (Lipinski definition) is 1. The predicted octanol–water partition coefficient (Wildman–Crippen LogP) is 4.07. The summed E-state index contributed by atoms with van der Waals surface area (Å²) in [6.07, 6.45) is 1.54. The Balaban J connectivity index is 2.22. The Labute approximate surface area is 140 Å². The molecule has 3 rings (SSSR count). The summed E-state index contributed by atoms with van der Waals surface area (Å²) in [4.78, 5) is 19.7. The summed E-state index contributed by atoms with van der Waals surface area (Å²) in [5.41, 5.74) is 4.76. The van der Waals surface area contributed by atoms with Crippen LogP contribution in [0.5, 0.6) is 0 Å². The molecule has 4 nitrogen and oxygen atoms in total. The quantitative estimate of drug-likeness (QED) is 0.735. The van der Waals surface area contributed by atoms with Gasteiger partial charge in [-0.1, -0.05) is 39.0 Å². The monoisotopic (exact) mass is 317 g/mol. The van der Waals surface area contributed by atoms with E-state index in [4.69, 9.17) is 5.26 Å². The highest BCUT2D eigenvalue weighted by atomic mass is 16.1. The van der Waals surface area contributed by atoms with E-state index in [2.05, 4.69) is 42.9 Å². The third-order valence-corrected chi connectivity index (χ3v) is 4.23. The second-order valence-corrected chi connectivity index (χ2v) is 7.02. The average molecular weight is 317 g/mol. The van der Waals surface area contributed by atoms with Gasteiger partial charge in [-0.3, -0.25) is 4.79 Å². The predicted molar refractivity (Wildman–Crippen MR) is 96.0 cm³/mol. The lowest BCUT2D eigenvalue weighted by Gasteiger charge is -2.20. The third kappa shape index (κ3) is 2.69. The molecule has 0 radical (unpaired) electrons. The van der Waals surface area contributed by atoms with Crippen LogP contribution in [0.15, 0.2) is 41.3 Å². The molecule has 0 aliphatic carbocycles. The van der Waals surface area contributed by atoms with Gasteiger partial charge < -0.3 is 4.98 Å². The SMILES string of the molecule is Cc1cc(C(C)(C)C)ccc1-c1cc(=O)c2c(C#N)nccc2[nH]1. The maximum atomic E-state index is 12.5. The minimum atomic E-state index is -0.192. The zero-order chi connectivity index (χ0) is 17.5. The van der Waals surface area contributed by atoms with E-state index in [1.54, 1.807) is 12.1 Å². The van der Waals surface area contributed by atoms with Gasteiger partial charge in [0.15, 0.2) is 11.1 Å². The molecule has 4 heteroatoms. The lowest BCUT2D eigenvalue weighted by molar-refractivity contribution is 0.590. The standard InChI is InChI=1S/C20H19N3O/c1-12-9-13(20(2,3)4)5-6-14(12)16-10-18(24)19-15(23-16)7-8-22-17(19)11-21/h5-10H,1-4H3,(H,23,24). The highest BCUT2D eigenvalue weighted by Crippen LogP contribution is 2.28. The van der Waals surface area contributed by atoms with E-state index in [9.17, 15) is 4.79 Å². The van der Waals surface area contributed by atoms with Gasteiger partial charge in [-0.2, -0.15) is 5.26 Å². The highest BCUT2D eigenvalue weighted by molar-refractivity contribution is 5.85. The molecule has 0 aliphatic heterocycles. The van der Waals surface area contributed by atoms with E-state index in [0.717, 1.165) is 16.8 Å². The molecule has 3 aromatic rings. The van der Waals surface area contributed by atoms with Crippen LogP contribution in [0.1, 0.15) is 37.6 Å². The van der Waals surface area contributed by atoms with Crippen molar-refractivity contribution in [2.45, 2.75) is 33.1 Å². The molecule has 0 saturated carbocycles. The van der Waals surface area contributed by atoms with Gasteiger partial charge in [0, 0.05) is 23.5 Å². The fraction of sp³-hybridized carbons (Fsp3) is 0.250. The number of aromatic amines is 1. The number of pyridine rings is 2.